The molecule has 1 amide bonds. The van der Waals surface area contributed by atoms with E-state index in [0.717, 1.165) is 25.2 Å². The second kappa shape index (κ2) is 12.5. The summed E-state index contributed by atoms with van der Waals surface area (Å²) in [5, 5.41) is 7.45. The van der Waals surface area contributed by atoms with Gasteiger partial charge in [-0.1, -0.05) is 37.4 Å². The van der Waals surface area contributed by atoms with Gasteiger partial charge in [0.25, 0.3) is 0 Å². The molecule has 1 aromatic heterocycles. The molecule has 192 valence electrons. The number of nitrogens with one attached hydrogen (secondary N) is 2. The van der Waals surface area contributed by atoms with Crippen molar-refractivity contribution in [2.45, 2.75) is 26.4 Å². The zero-order valence-corrected chi connectivity index (χ0v) is 21.7. The van der Waals surface area contributed by atoms with E-state index in [1.807, 2.05) is 24.3 Å². The Morgan fingerprint density at radius 3 is 2.86 bits per heavy atom. The van der Waals surface area contributed by atoms with Crippen molar-refractivity contribution in [1.29, 1.82) is 0 Å². The topological polar surface area (TPSA) is 88.6 Å². The summed E-state index contributed by atoms with van der Waals surface area (Å²) in [5.41, 5.74) is 2.48. The van der Waals surface area contributed by atoms with Crippen molar-refractivity contribution in [2.75, 3.05) is 43.5 Å². The number of rotatable bonds is 10. The molecule has 0 radical (unpaired) electrons. The van der Waals surface area contributed by atoms with Gasteiger partial charge in [-0.3, -0.25) is 4.79 Å². The van der Waals surface area contributed by atoms with Gasteiger partial charge in [0, 0.05) is 41.7 Å². The van der Waals surface area contributed by atoms with Crippen molar-refractivity contribution in [1.82, 2.24) is 14.9 Å². The Balaban J connectivity index is 1.65. The zero-order valence-electron chi connectivity index (χ0n) is 21.0. The smallest absolute Gasteiger partial charge is 0.248 e. The van der Waals surface area contributed by atoms with Gasteiger partial charge in [0.2, 0.25) is 5.91 Å². The van der Waals surface area contributed by atoms with Crippen LogP contribution in [-0.2, 0) is 9.53 Å². The summed E-state index contributed by atoms with van der Waals surface area (Å²) >= 11 is 6.15. The van der Waals surface area contributed by atoms with Crippen LogP contribution in [0.15, 0.2) is 48.8 Å². The van der Waals surface area contributed by atoms with Gasteiger partial charge in [-0.2, -0.15) is 0 Å². The van der Waals surface area contributed by atoms with Crippen molar-refractivity contribution in [3.05, 3.63) is 59.4 Å². The Bertz CT molecular complexity index is 1330. The number of likely N-dealkylation sites (N-methyl/N-ethyl adjacent to an activating group) is 1. The first-order valence-corrected chi connectivity index (χ1v) is 12.6. The van der Waals surface area contributed by atoms with Gasteiger partial charge < -0.3 is 25.0 Å². The average Bonchev–Trinajstić information content (AvgIpc) is 3.41. The van der Waals surface area contributed by atoms with E-state index < -0.39 is 0 Å². The molecule has 0 spiro atoms. The Hall–Kier alpha value is -3.64. The number of carbonyl (C=O) groups excluding carboxylic acids is 1. The summed E-state index contributed by atoms with van der Waals surface area (Å²) in [4.78, 5) is 23.9. The second-order valence-corrected chi connectivity index (χ2v) is 8.94. The molecular weight excluding hydrogens is 490 g/mol. The lowest BCUT2D eigenvalue weighted by Crippen LogP contribution is -2.23. The number of fused-ring (bicyclic) bond motifs is 1. The van der Waals surface area contributed by atoms with Crippen molar-refractivity contribution >= 4 is 45.6 Å². The molecule has 1 atom stereocenters. The quantitative estimate of drug-likeness (QED) is 0.287. The van der Waals surface area contributed by atoms with Crippen LogP contribution >= 0.6 is 11.6 Å². The molecule has 1 saturated heterocycles. The molecule has 1 fully saturated rings. The molecule has 0 aliphatic carbocycles. The molecule has 1 aliphatic rings. The number of amides is 1. The third kappa shape index (κ3) is 6.77. The number of anilines is 3. The maximum atomic E-state index is 12.8. The number of nitrogens with zero attached hydrogens (tertiary/aromatic N) is 3. The van der Waals surface area contributed by atoms with Gasteiger partial charge in [-0.25, -0.2) is 9.97 Å². The number of carbonyl (C=O) groups is 1. The second-order valence-electron chi connectivity index (χ2n) is 8.53. The molecule has 37 heavy (non-hydrogen) atoms. The molecule has 0 unspecified atom stereocenters. The van der Waals surface area contributed by atoms with Gasteiger partial charge in [-0.05, 0) is 37.4 Å². The van der Waals surface area contributed by atoms with Crippen LogP contribution in [0.2, 0.25) is 5.02 Å². The molecule has 3 aromatic rings. The van der Waals surface area contributed by atoms with E-state index in [9.17, 15) is 4.79 Å². The van der Waals surface area contributed by atoms with E-state index in [-0.39, 0.29) is 12.0 Å². The highest BCUT2D eigenvalue weighted by atomic mass is 35.5. The van der Waals surface area contributed by atoms with Crippen LogP contribution in [0, 0.1) is 12.3 Å². The van der Waals surface area contributed by atoms with Gasteiger partial charge in [-0.15, -0.1) is 6.42 Å². The fraction of sp³-hybridized carbons (Fsp3) is 0.321. The first-order chi connectivity index (χ1) is 18.0. The van der Waals surface area contributed by atoms with E-state index >= 15 is 0 Å². The van der Waals surface area contributed by atoms with Gasteiger partial charge in [0.15, 0.2) is 0 Å². The minimum Gasteiger partial charge on any atom is -0.486 e. The molecule has 4 rings (SSSR count). The number of terminal acetylenes is 1. The first-order valence-electron chi connectivity index (χ1n) is 12.3. The van der Waals surface area contributed by atoms with Crippen LogP contribution in [0.25, 0.3) is 10.9 Å². The summed E-state index contributed by atoms with van der Waals surface area (Å²) in [7, 11) is 0. The Labute approximate surface area is 222 Å². The summed E-state index contributed by atoms with van der Waals surface area (Å²) < 4.78 is 11.7. The lowest BCUT2D eigenvalue weighted by molar-refractivity contribution is -0.111. The van der Waals surface area contributed by atoms with E-state index in [0.29, 0.717) is 58.5 Å². The normalized spacial score (nSPS) is 15.3. The minimum absolute atomic E-state index is 0.0954. The van der Waals surface area contributed by atoms with Crippen molar-refractivity contribution in [3.8, 4) is 18.1 Å². The maximum absolute atomic E-state index is 12.8. The number of hydrogen-bond acceptors (Lipinski definition) is 7. The van der Waals surface area contributed by atoms with Crippen LogP contribution in [0.4, 0.5) is 17.2 Å². The fourth-order valence-electron chi connectivity index (χ4n) is 3.98. The van der Waals surface area contributed by atoms with Crippen LogP contribution in [0.5, 0.6) is 5.75 Å². The molecule has 2 heterocycles. The van der Waals surface area contributed by atoms with Gasteiger partial charge >= 0.3 is 0 Å². The maximum Gasteiger partial charge on any atom is 0.248 e. The standard InChI is InChI=1S/C28H30ClN5O3/c1-4-19-14-20(9-10-23(19)29)32-28-22-15-25(33-27(35)8-7-12-34(5-2)6-3)26(16-24(22)30-18-31-28)37-21-11-13-36-17-21/h1,7-10,14-16,18,21H,5-6,11-13,17H2,2-3H3,(H,33,35)(H,30,31,32)/b8-7+/t21-/m0/s1. The van der Waals surface area contributed by atoms with Gasteiger partial charge in [0.1, 0.15) is 24.0 Å². The van der Waals surface area contributed by atoms with Crippen LogP contribution in [0.3, 0.4) is 0 Å². The molecule has 1 aliphatic heterocycles. The highest BCUT2D eigenvalue weighted by molar-refractivity contribution is 6.31. The first kappa shape index (κ1) is 26.4. The third-order valence-corrected chi connectivity index (χ3v) is 6.42. The molecular formula is C28H30ClN5O3. The summed E-state index contributed by atoms with van der Waals surface area (Å²) in [6.07, 6.45) is 11.1. The zero-order chi connectivity index (χ0) is 26.2. The average molecular weight is 520 g/mol. The Kier molecular flexibility index (Phi) is 8.96. The van der Waals surface area contributed by atoms with Crippen LogP contribution in [0.1, 0.15) is 25.8 Å². The lowest BCUT2D eigenvalue weighted by atomic mass is 10.1. The number of halogens is 1. The molecule has 2 N–H and O–H groups in total. The highest BCUT2D eigenvalue weighted by Gasteiger charge is 2.21. The Morgan fingerprint density at radius 1 is 1.30 bits per heavy atom. The number of aromatic nitrogens is 2. The monoisotopic (exact) mass is 519 g/mol. The molecule has 0 bridgehead atoms. The van der Waals surface area contributed by atoms with E-state index in [1.54, 1.807) is 18.2 Å². The largest absolute Gasteiger partial charge is 0.486 e. The summed E-state index contributed by atoms with van der Waals surface area (Å²) in [5.74, 6) is 3.41. The third-order valence-electron chi connectivity index (χ3n) is 6.09. The minimum atomic E-state index is -0.248. The summed E-state index contributed by atoms with van der Waals surface area (Å²) in [6, 6.07) is 8.95. The van der Waals surface area contributed by atoms with E-state index in [4.69, 9.17) is 27.5 Å². The van der Waals surface area contributed by atoms with Gasteiger partial charge in [0.05, 0.1) is 29.4 Å². The lowest BCUT2D eigenvalue weighted by Gasteiger charge is -2.18. The number of ether oxygens (including phenoxy) is 2. The van der Waals surface area contributed by atoms with Crippen LogP contribution < -0.4 is 15.4 Å². The Morgan fingerprint density at radius 2 is 2.14 bits per heavy atom. The van der Waals surface area contributed by atoms with E-state index in [1.165, 1.54) is 6.33 Å². The van der Waals surface area contributed by atoms with Crippen molar-refractivity contribution in [2.24, 2.45) is 0 Å². The van der Waals surface area contributed by atoms with Crippen molar-refractivity contribution in [3.63, 3.8) is 0 Å². The number of benzene rings is 2. The van der Waals surface area contributed by atoms with Crippen molar-refractivity contribution < 1.29 is 14.3 Å². The fourth-order valence-corrected chi connectivity index (χ4v) is 4.15. The highest BCUT2D eigenvalue weighted by Crippen LogP contribution is 2.35. The molecule has 8 nitrogen and oxygen atoms in total. The predicted molar refractivity (Wildman–Crippen MR) is 148 cm³/mol. The van der Waals surface area contributed by atoms with E-state index in [2.05, 4.69) is 45.3 Å². The summed E-state index contributed by atoms with van der Waals surface area (Å²) in [6.45, 7) is 7.86. The van der Waals surface area contributed by atoms with Crippen LogP contribution in [-0.4, -0.2) is 59.7 Å². The molecule has 0 saturated carbocycles. The number of hydrogen-bond donors (Lipinski definition) is 2. The molecule has 2 aromatic carbocycles. The molecule has 9 heteroatoms. The SMILES string of the molecule is C#Cc1cc(Nc2ncnc3cc(O[C@H]4CCOC4)c(NC(=O)/C=C/CN(CC)CC)cc23)ccc1Cl. The predicted octanol–water partition coefficient (Wildman–Crippen LogP) is 5.01.